The van der Waals surface area contributed by atoms with Crippen molar-refractivity contribution in [3.8, 4) is 0 Å². The Labute approximate surface area is 216 Å². The topological polar surface area (TPSA) is 68.3 Å². The molecule has 4 aromatic rings. The highest BCUT2D eigenvalue weighted by Crippen LogP contribution is 2.29. The third-order valence-electron chi connectivity index (χ3n) is 6.89. The fourth-order valence-corrected chi connectivity index (χ4v) is 4.93. The van der Waals surface area contributed by atoms with Gasteiger partial charge in [-0.05, 0) is 24.5 Å². The van der Waals surface area contributed by atoms with E-state index < -0.39 is 0 Å². The molecule has 0 fully saturated rings. The summed E-state index contributed by atoms with van der Waals surface area (Å²) in [6.45, 7) is 2.17. The van der Waals surface area contributed by atoms with Crippen molar-refractivity contribution in [2.45, 2.75) is 32.6 Å². The second kappa shape index (κ2) is 10.3. The minimum atomic E-state index is -0.0641. The van der Waals surface area contributed by atoms with Gasteiger partial charge in [-0.2, -0.15) is 0 Å². The molecular formula is C33H26O4. The van der Waals surface area contributed by atoms with Gasteiger partial charge >= 0.3 is 0 Å². The molecule has 0 radical (unpaired) electrons. The lowest BCUT2D eigenvalue weighted by atomic mass is 9.83. The van der Waals surface area contributed by atoms with Crippen LogP contribution in [-0.4, -0.2) is 23.1 Å². The Morgan fingerprint density at radius 3 is 1.16 bits per heavy atom. The summed E-state index contributed by atoms with van der Waals surface area (Å²) in [7, 11) is 0. The van der Waals surface area contributed by atoms with Crippen LogP contribution in [0, 0.1) is 0 Å². The number of aryl methyl sites for hydroxylation is 1. The van der Waals surface area contributed by atoms with Gasteiger partial charge in [-0.1, -0.05) is 105 Å². The van der Waals surface area contributed by atoms with Crippen LogP contribution in [-0.2, 0) is 6.42 Å². The van der Waals surface area contributed by atoms with Crippen LogP contribution in [0.15, 0.2) is 91.0 Å². The van der Waals surface area contributed by atoms with Gasteiger partial charge in [0.1, 0.15) is 0 Å². The Hall–Kier alpha value is -4.44. The second-order valence-corrected chi connectivity index (χ2v) is 9.29. The molecule has 0 saturated carbocycles. The molecule has 0 bridgehead atoms. The largest absolute Gasteiger partial charge is 0.289 e. The van der Waals surface area contributed by atoms with Gasteiger partial charge in [0.2, 0.25) is 0 Å². The Balaban J connectivity index is 0.000000157. The number of rotatable bonds is 4. The van der Waals surface area contributed by atoms with Crippen molar-refractivity contribution in [2.24, 2.45) is 0 Å². The lowest BCUT2D eigenvalue weighted by Gasteiger charge is -2.18. The molecule has 182 valence electrons. The zero-order valence-electron chi connectivity index (χ0n) is 20.6. The van der Waals surface area contributed by atoms with Crippen LogP contribution < -0.4 is 0 Å². The maximum absolute atomic E-state index is 12.6. The van der Waals surface area contributed by atoms with E-state index >= 15 is 0 Å². The number of fused-ring (bicyclic) bond motifs is 4. The minimum absolute atomic E-state index is 0.0301. The highest BCUT2D eigenvalue weighted by atomic mass is 16.1. The molecule has 2 aliphatic carbocycles. The number of carbonyl (C=O) groups excluding carboxylic acids is 4. The average molecular weight is 487 g/mol. The van der Waals surface area contributed by atoms with Crippen LogP contribution >= 0.6 is 0 Å². The van der Waals surface area contributed by atoms with Crippen molar-refractivity contribution in [3.63, 3.8) is 0 Å². The standard InChI is InChI=1S/C19H18O2.C14H8O2/c1-2-3-4-7-13-10-11-16-17(12-13)19(21)15-9-6-5-8-14(15)18(16)20;15-13-9-5-1-2-6-10(9)14(16)12-8-4-3-7-11(12)13/h5-6,8-12H,2-4,7H2,1H3;1-8H. The average Bonchev–Trinajstić information content (AvgIpc) is 2.95. The monoisotopic (exact) mass is 486 g/mol. The van der Waals surface area contributed by atoms with Gasteiger partial charge in [0, 0.05) is 44.5 Å². The fraction of sp³-hybridized carbons (Fsp3) is 0.152. The first-order valence-corrected chi connectivity index (χ1v) is 12.6. The Morgan fingerprint density at radius 1 is 0.432 bits per heavy atom. The summed E-state index contributed by atoms with van der Waals surface area (Å²) in [4.78, 5) is 49.3. The number of ketones is 4. The van der Waals surface area contributed by atoms with Gasteiger partial charge < -0.3 is 0 Å². The molecular weight excluding hydrogens is 460 g/mol. The minimum Gasteiger partial charge on any atom is -0.289 e. The van der Waals surface area contributed by atoms with E-state index in [1.807, 2.05) is 18.2 Å². The van der Waals surface area contributed by atoms with E-state index in [0.717, 1.165) is 18.4 Å². The van der Waals surface area contributed by atoms with Crippen LogP contribution in [0.5, 0.6) is 0 Å². The van der Waals surface area contributed by atoms with E-state index in [-0.39, 0.29) is 23.1 Å². The highest BCUT2D eigenvalue weighted by molar-refractivity contribution is 6.29. The van der Waals surface area contributed by atoms with E-state index in [2.05, 4.69) is 6.92 Å². The van der Waals surface area contributed by atoms with E-state index in [0.29, 0.717) is 44.5 Å². The molecule has 6 rings (SSSR count). The molecule has 0 spiro atoms. The number of benzene rings is 4. The molecule has 2 aliphatic rings. The lowest BCUT2D eigenvalue weighted by Crippen LogP contribution is -2.20. The maximum Gasteiger partial charge on any atom is 0.194 e. The third-order valence-corrected chi connectivity index (χ3v) is 6.89. The Bertz CT molecular complexity index is 1450. The molecule has 0 aliphatic heterocycles. The second-order valence-electron chi connectivity index (χ2n) is 9.29. The predicted octanol–water partition coefficient (Wildman–Crippen LogP) is 6.66. The smallest absolute Gasteiger partial charge is 0.194 e. The van der Waals surface area contributed by atoms with Crippen molar-refractivity contribution in [3.05, 3.63) is 141 Å². The third kappa shape index (κ3) is 4.47. The Morgan fingerprint density at radius 2 is 0.784 bits per heavy atom. The van der Waals surface area contributed by atoms with Crippen LogP contribution in [0.25, 0.3) is 0 Å². The molecule has 0 aromatic heterocycles. The molecule has 0 unspecified atom stereocenters. The summed E-state index contributed by atoms with van der Waals surface area (Å²) in [5.74, 6) is -0.200. The summed E-state index contributed by atoms with van der Waals surface area (Å²) in [6, 6.07) is 26.7. The first-order valence-electron chi connectivity index (χ1n) is 12.6. The summed E-state index contributed by atoms with van der Waals surface area (Å²) in [5.41, 5.74) is 5.32. The van der Waals surface area contributed by atoms with Crippen molar-refractivity contribution < 1.29 is 19.2 Å². The summed E-state index contributed by atoms with van der Waals surface area (Å²) in [5, 5.41) is 0. The molecule has 0 amide bonds. The van der Waals surface area contributed by atoms with Crippen LogP contribution in [0.2, 0.25) is 0 Å². The van der Waals surface area contributed by atoms with Crippen molar-refractivity contribution in [1.29, 1.82) is 0 Å². The molecule has 4 aromatic carbocycles. The van der Waals surface area contributed by atoms with Gasteiger partial charge in [0.15, 0.2) is 23.1 Å². The first-order chi connectivity index (χ1) is 18.0. The first kappa shape index (κ1) is 24.3. The van der Waals surface area contributed by atoms with E-state index in [9.17, 15) is 19.2 Å². The van der Waals surface area contributed by atoms with E-state index in [1.54, 1.807) is 72.8 Å². The van der Waals surface area contributed by atoms with Gasteiger partial charge in [-0.3, -0.25) is 19.2 Å². The van der Waals surface area contributed by atoms with Gasteiger partial charge in [-0.25, -0.2) is 0 Å². The molecule has 0 heterocycles. The number of hydrogen-bond acceptors (Lipinski definition) is 4. The fourth-order valence-electron chi connectivity index (χ4n) is 4.93. The Kier molecular flexibility index (Phi) is 6.74. The molecule has 4 nitrogen and oxygen atoms in total. The number of carbonyl (C=O) groups is 4. The van der Waals surface area contributed by atoms with Crippen molar-refractivity contribution >= 4 is 23.1 Å². The summed E-state index contributed by atoms with van der Waals surface area (Å²) in [6.07, 6.45) is 4.45. The zero-order valence-corrected chi connectivity index (χ0v) is 20.6. The van der Waals surface area contributed by atoms with Crippen molar-refractivity contribution in [1.82, 2.24) is 0 Å². The summed E-state index contributed by atoms with van der Waals surface area (Å²) >= 11 is 0. The van der Waals surface area contributed by atoms with E-state index in [4.69, 9.17) is 0 Å². The molecule has 4 heteroatoms. The normalized spacial score (nSPS) is 13.1. The van der Waals surface area contributed by atoms with Gasteiger partial charge in [-0.15, -0.1) is 0 Å². The predicted molar refractivity (Wildman–Crippen MR) is 143 cm³/mol. The summed E-state index contributed by atoms with van der Waals surface area (Å²) < 4.78 is 0. The van der Waals surface area contributed by atoms with Gasteiger partial charge in [0.25, 0.3) is 0 Å². The van der Waals surface area contributed by atoms with Crippen LogP contribution in [0.1, 0.15) is 95.4 Å². The zero-order chi connectivity index (χ0) is 25.9. The molecule has 0 atom stereocenters. The number of unbranched alkanes of at least 4 members (excludes halogenated alkanes) is 2. The highest BCUT2D eigenvalue weighted by Gasteiger charge is 2.30. The maximum atomic E-state index is 12.6. The van der Waals surface area contributed by atoms with Crippen LogP contribution in [0.3, 0.4) is 0 Å². The number of hydrogen-bond donors (Lipinski definition) is 0. The molecule has 0 saturated heterocycles. The molecule has 37 heavy (non-hydrogen) atoms. The molecule has 0 N–H and O–H groups in total. The van der Waals surface area contributed by atoms with Crippen LogP contribution in [0.4, 0.5) is 0 Å². The lowest BCUT2D eigenvalue weighted by molar-refractivity contribution is 0.0979. The van der Waals surface area contributed by atoms with E-state index in [1.165, 1.54) is 12.8 Å². The quantitative estimate of drug-likeness (QED) is 0.261. The van der Waals surface area contributed by atoms with Gasteiger partial charge in [0.05, 0.1) is 0 Å². The van der Waals surface area contributed by atoms with Crippen molar-refractivity contribution in [2.75, 3.05) is 0 Å². The SMILES string of the molecule is CCCCCc1ccc2c(c1)C(=O)c1ccccc1C2=O.O=C1c2ccccc2C(=O)c2ccccc21.